The van der Waals surface area contributed by atoms with Gasteiger partial charge in [-0.2, -0.15) is 0 Å². The van der Waals surface area contributed by atoms with E-state index < -0.39 is 0 Å². The average Bonchev–Trinajstić information content (AvgIpc) is 2.87. The van der Waals surface area contributed by atoms with Gasteiger partial charge in [0.1, 0.15) is 11.3 Å². The quantitative estimate of drug-likeness (QED) is 0.344. The maximum Gasteiger partial charge on any atom is 0.219 e. The molecule has 7 nitrogen and oxygen atoms in total. The summed E-state index contributed by atoms with van der Waals surface area (Å²) in [6.45, 7) is 2.47. The fraction of sp³-hybridized carbons (Fsp3) is 0.250. The highest BCUT2D eigenvalue weighted by Gasteiger charge is 2.07. The van der Waals surface area contributed by atoms with Crippen LogP contribution in [0.15, 0.2) is 16.9 Å². The number of nitrogens with zero attached hydrogens (tertiary/aromatic N) is 5. The van der Waals surface area contributed by atoms with Crippen LogP contribution in [0.5, 0.6) is 0 Å². The Bertz CT molecular complexity index is 516. The molecule has 2 heterocycles. The maximum atomic E-state index is 8.45. The van der Waals surface area contributed by atoms with Crippen LogP contribution in [0, 0.1) is 6.92 Å². The molecule has 0 spiro atoms. The Hall–Kier alpha value is -1.96. The molecule has 3 N–H and O–H groups in total. The van der Waals surface area contributed by atoms with Crippen LogP contribution < -0.4 is 5.73 Å². The van der Waals surface area contributed by atoms with Gasteiger partial charge in [-0.15, -0.1) is 16.4 Å². The van der Waals surface area contributed by atoms with Crippen molar-refractivity contribution in [1.29, 1.82) is 0 Å². The Morgan fingerprint density at radius 3 is 3.12 bits per heavy atom. The Balaban J connectivity index is 2.14. The second-order valence-corrected chi connectivity index (χ2v) is 4.08. The van der Waals surface area contributed by atoms with E-state index >= 15 is 0 Å². The van der Waals surface area contributed by atoms with Crippen LogP contribution in [0.1, 0.15) is 16.5 Å². The molecule has 0 radical (unpaired) electrons. The topological polar surface area (TPSA) is 102 Å². The molecule has 0 bridgehead atoms. The SMILES string of the molecule is Cc1csc(Cn2cnc(C(N)=NO)n2)n1. The largest absolute Gasteiger partial charge is 0.409 e. The highest BCUT2D eigenvalue weighted by molar-refractivity contribution is 7.09. The van der Waals surface area contributed by atoms with E-state index in [0.717, 1.165) is 10.7 Å². The summed E-state index contributed by atoms with van der Waals surface area (Å²) in [6, 6.07) is 0. The number of amidine groups is 1. The number of nitrogens with two attached hydrogens (primary N) is 1. The standard InChI is InChI=1S/C8H10N6OS/c1-5-3-16-6(11-5)2-14-4-10-8(12-14)7(9)13-15/h3-4,15H,2H2,1H3,(H2,9,13). The Labute approximate surface area is 95.3 Å². The molecular weight excluding hydrogens is 228 g/mol. The predicted molar refractivity (Wildman–Crippen MR) is 58.5 cm³/mol. The lowest BCUT2D eigenvalue weighted by molar-refractivity contribution is 0.318. The molecule has 2 rings (SSSR count). The molecule has 0 unspecified atom stereocenters. The van der Waals surface area contributed by atoms with Crippen molar-refractivity contribution in [2.24, 2.45) is 10.9 Å². The Morgan fingerprint density at radius 1 is 1.69 bits per heavy atom. The molecule has 84 valence electrons. The number of hydrogen-bond acceptors (Lipinski definition) is 6. The second-order valence-electron chi connectivity index (χ2n) is 3.13. The molecule has 16 heavy (non-hydrogen) atoms. The summed E-state index contributed by atoms with van der Waals surface area (Å²) in [5, 5.41) is 18.2. The van der Waals surface area contributed by atoms with E-state index in [4.69, 9.17) is 10.9 Å². The summed E-state index contributed by atoms with van der Waals surface area (Å²) in [6.07, 6.45) is 1.52. The minimum atomic E-state index is -0.103. The first-order valence-electron chi connectivity index (χ1n) is 4.47. The molecule has 0 atom stereocenters. The number of aromatic nitrogens is 4. The van der Waals surface area contributed by atoms with Gasteiger partial charge in [-0.25, -0.2) is 14.6 Å². The van der Waals surface area contributed by atoms with Crippen LogP contribution in [-0.2, 0) is 6.54 Å². The fourth-order valence-electron chi connectivity index (χ4n) is 1.15. The smallest absolute Gasteiger partial charge is 0.219 e. The zero-order valence-electron chi connectivity index (χ0n) is 8.53. The van der Waals surface area contributed by atoms with Crippen molar-refractivity contribution in [3.8, 4) is 0 Å². The van der Waals surface area contributed by atoms with Gasteiger partial charge in [0.25, 0.3) is 0 Å². The maximum absolute atomic E-state index is 8.45. The second kappa shape index (κ2) is 4.27. The van der Waals surface area contributed by atoms with Crippen LogP contribution >= 0.6 is 11.3 Å². The molecule has 0 saturated carbocycles. The molecular formula is C8H10N6OS. The third kappa shape index (κ3) is 2.16. The monoisotopic (exact) mass is 238 g/mol. The van der Waals surface area contributed by atoms with E-state index in [0.29, 0.717) is 6.54 Å². The van der Waals surface area contributed by atoms with Crippen LogP contribution in [-0.4, -0.2) is 30.8 Å². The van der Waals surface area contributed by atoms with Gasteiger partial charge in [-0.05, 0) is 6.92 Å². The lowest BCUT2D eigenvalue weighted by atomic mass is 10.6. The average molecular weight is 238 g/mol. The van der Waals surface area contributed by atoms with Crippen molar-refractivity contribution in [2.45, 2.75) is 13.5 Å². The molecule has 8 heteroatoms. The van der Waals surface area contributed by atoms with Crippen LogP contribution in [0.4, 0.5) is 0 Å². The van der Waals surface area contributed by atoms with Gasteiger partial charge in [0, 0.05) is 11.1 Å². The van der Waals surface area contributed by atoms with E-state index in [1.165, 1.54) is 6.33 Å². The molecule has 0 aromatic carbocycles. The van der Waals surface area contributed by atoms with E-state index in [2.05, 4.69) is 20.2 Å². The Kier molecular flexibility index (Phi) is 2.82. The van der Waals surface area contributed by atoms with E-state index in [1.54, 1.807) is 16.0 Å². The minimum absolute atomic E-state index is 0.103. The molecule has 0 saturated heterocycles. The number of aryl methyl sites for hydroxylation is 1. The number of thiazole rings is 1. The Morgan fingerprint density at radius 2 is 2.50 bits per heavy atom. The molecule has 2 aromatic rings. The highest BCUT2D eigenvalue weighted by atomic mass is 32.1. The minimum Gasteiger partial charge on any atom is -0.409 e. The lowest BCUT2D eigenvalue weighted by Crippen LogP contribution is -2.15. The van der Waals surface area contributed by atoms with Crippen molar-refractivity contribution >= 4 is 17.2 Å². The summed E-state index contributed by atoms with van der Waals surface area (Å²) >= 11 is 1.56. The first-order valence-corrected chi connectivity index (χ1v) is 5.35. The molecule has 0 aliphatic heterocycles. The van der Waals surface area contributed by atoms with Gasteiger partial charge in [-0.3, -0.25) is 0 Å². The molecule has 0 aliphatic rings. The molecule has 0 fully saturated rings. The summed E-state index contributed by atoms with van der Waals surface area (Å²) in [7, 11) is 0. The number of oxime groups is 1. The normalized spacial score (nSPS) is 11.9. The molecule has 0 amide bonds. The number of hydrogen-bond donors (Lipinski definition) is 2. The number of rotatable bonds is 3. The molecule has 0 aliphatic carbocycles. The van der Waals surface area contributed by atoms with Gasteiger partial charge in [0.2, 0.25) is 11.7 Å². The zero-order valence-corrected chi connectivity index (χ0v) is 9.35. The van der Waals surface area contributed by atoms with Gasteiger partial charge in [0.05, 0.1) is 6.54 Å². The van der Waals surface area contributed by atoms with Gasteiger partial charge >= 0.3 is 0 Å². The van der Waals surface area contributed by atoms with Gasteiger partial charge < -0.3 is 10.9 Å². The zero-order chi connectivity index (χ0) is 11.5. The third-order valence-electron chi connectivity index (χ3n) is 1.84. The van der Waals surface area contributed by atoms with Crippen LogP contribution in [0.25, 0.3) is 0 Å². The summed E-state index contributed by atoms with van der Waals surface area (Å²) in [5.74, 6) is 0.102. The van der Waals surface area contributed by atoms with Crippen LogP contribution in [0.2, 0.25) is 0 Å². The van der Waals surface area contributed by atoms with Crippen LogP contribution in [0.3, 0.4) is 0 Å². The van der Waals surface area contributed by atoms with Gasteiger partial charge in [0.15, 0.2) is 0 Å². The van der Waals surface area contributed by atoms with Gasteiger partial charge in [-0.1, -0.05) is 5.16 Å². The van der Waals surface area contributed by atoms with E-state index in [9.17, 15) is 0 Å². The van der Waals surface area contributed by atoms with E-state index in [-0.39, 0.29) is 11.7 Å². The predicted octanol–water partition coefficient (Wildman–Crippen LogP) is 0.186. The van der Waals surface area contributed by atoms with Crippen molar-refractivity contribution in [3.05, 3.63) is 28.2 Å². The summed E-state index contributed by atoms with van der Waals surface area (Å²) in [5.41, 5.74) is 6.34. The van der Waals surface area contributed by atoms with Crippen molar-refractivity contribution in [2.75, 3.05) is 0 Å². The van der Waals surface area contributed by atoms with Crippen molar-refractivity contribution in [1.82, 2.24) is 19.7 Å². The highest BCUT2D eigenvalue weighted by Crippen LogP contribution is 2.09. The van der Waals surface area contributed by atoms with Crippen molar-refractivity contribution < 1.29 is 5.21 Å². The summed E-state index contributed by atoms with van der Waals surface area (Å²) in [4.78, 5) is 8.20. The van der Waals surface area contributed by atoms with Crippen molar-refractivity contribution in [3.63, 3.8) is 0 Å². The first-order chi connectivity index (χ1) is 7.69. The molecule has 2 aromatic heterocycles. The summed E-state index contributed by atoms with van der Waals surface area (Å²) < 4.78 is 1.59. The fourth-order valence-corrected chi connectivity index (χ4v) is 1.91. The first kappa shape index (κ1) is 10.6. The third-order valence-corrected chi connectivity index (χ3v) is 2.79. The lowest BCUT2D eigenvalue weighted by Gasteiger charge is -1.94. The van der Waals surface area contributed by atoms with E-state index in [1.807, 2.05) is 12.3 Å².